The summed E-state index contributed by atoms with van der Waals surface area (Å²) in [6, 6.07) is 10.3. The minimum Gasteiger partial charge on any atom is -0.381 e. The summed E-state index contributed by atoms with van der Waals surface area (Å²) in [7, 11) is 0. The molecule has 3 aliphatic rings. The number of likely N-dealkylation sites (tertiary alicyclic amines) is 1. The first-order valence-corrected chi connectivity index (χ1v) is 11.3. The maximum absolute atomic E-state index is 12.6. The van der Waals surface area contributed by atoms with Crippen LogP contribution in [0.25, 0.3) is 0 Å². The summed E-state index contributed by atoms with van der Waals surface area (Å²) in [6.07, 6.45) is 9.62. The molecule has 4 nitrogen and oxygen atoms in total. The molecule has 1 amide bonds. The molecule has 2 saturated heterocycles. The van der Waals surface area contributed by atoms with Crippen molar-refractivity contribution in [1.82, 2.24) is 4.90 Å². The molecule has 28 heavy (non-hydrogen) atoms. The van der Waals surface area contributed by atoms with E-state index in [9.17, 15) is 4.79 Å². The summed E-state index contributed by atoms with van der Waals surface area (Å²) in [4.78, 5) is 14.7. The van der Waals surface area contributed by atoms with E-state index >= 15 is 0 Å². The number of rotatable bonds is 8. The molecule has 0 N–H and O–H groups in total. The third-order valence-electron chi connectivity index (χ3n) is 6.81. The minimum atomic E-state index is 0.00954. The molecule has 0 radical (unpaired) electrons. The number of benzene rings is 1. The van der Waals surface area contributed by atoms with Crippen LogP contribution in [0.2, 0.25) is 0 Å². The molecule has 1 aliphatic carbocycles. The van der Waals surface area contributed by atoms with Crippen LogP contribution in [0.4, 0.5) is 0 Å². The summed E-state index contributed by atoms with van der Waals surface area (Å²) in [5.74, 6) is 1.86. The number of amides is 1. The van der Waals surface area contributed by atoms with E-state index in [2.05, 4.69) is 17.0 Å². The highest BCUT2D eigenvalue weighted by molar-refractivity contribution is 5.76. The summed E-state index contributed by atoms with van der Waals surface area (Å²) in [5, 5.41) is 0. The van der Waals surface area contributed by atoms with Crippen molar-refractivity contribution in [2.75, 3.05) is 32.9 Å². The lowest BCUT2D eigenvalue weighted by Gasteiger charge is -2.46. The van der Waals surface area contributed by atoms with Crippen LogP contribution in [0.1, 0.15) is 56.9 Å². The van der Waals surface area contributed by atoms with Gasteiger partial charge in [-0.1, -0.05) is 30.3 Å². The van der Waals surface area contributed by atoms with Gasteiger partial charge in [0.05, 0.1) is 5.60 Å². The molecule has 0 unspecified atom stereocenters. The van der Waals surface area contributed by atoms with E-state index in [1.807, 2.05) is 18.2 Å². The number of aryl methyl sites for hydroxylation is 1. The van der Waals surface area contributed by atoms with Gasteiger partial charge >= 0.3 is 0 Å². The van der Waals surface area contributed by atoms with E-state index in [4.69, 9.17) is 9.47 Å². The average Bonchev–Trinajstić information content (AvgIpc) is 3.55. The van der Waals surface area contributed by atoms with Crippen molar-refractivity contribution >= 4 is 5.91 Å². The normalized spacial score (nSPS) is 24.4. The third-order valence-corrected chi connectivity index (χ3v) is 6.81. The fourth-order valence-corrected chi connectivity index (χ4v) is 4.73. The first-order valence-electron chi connectivity index (χ1n) is 11.3. The fourth-order valence-electron chi connectivity index (χ4n) is 4.73. The van der Waals surface area contributed by atoms with E-state index < -0.39 is 0 Å². The fraction of sp³-hybridized carbons (Fsp3) is 0.708. The number of piperidine rings is 1. The van der Waals surface area contributed by atoms with E-state index in [-0.39, 0.29) is 5.60 Å². The van der Waals surface area contributed by atoms with Crippen LogP contribution in [0.5, 0.6) is 0 Å². The molecule has 0 aromatic heterocycles. The van der Waals surface area contributed by atoms with Crippen LogP contribution < -0.4 is 0 Å². The zero-order valence-corrected chi connectivity index (χ0v) is 17.1. The van der Waals surface area contributed by atoms with Crippen LogP contribution in [-0.2, 0) is 20.7 Å². The Labute approximate surface area is 169 Å². The van der Waals surface area contributed by atoms with Crippen LogP contribution >= 0.6 is 0 Å². The van der Waals surface area contributed by atoms with Gasteiger partial charge < -0.3 is 14.4 Å². The van der Waals surface area contributed by atoms with Gasteiger partial charge in [-0.3, -0.25) is 4.79 Å². The number of carbonyl (C=O) groups excluding carboxylic acids is 1. The van der Waals surface area contributed by atoms with Crippen molar-refractivity contribution in [3.05, 3.63) is 35.9 Å². The highest BCUT2D eigenvalue weighted by Crippen LogP contribution is 2.39. The Morgan fingerprint density at radius 2 is 1.89 bits per heavy atom. The summed E-state index contributed by atoms with van der Waals surface area (Å²) < 4.78 is 12.1. The van der Waals surface area contributed by atoms with Crippen molar-refractivity contribution in [1.29, 1.82) is 0 Å². The molecule has 1 spiro atoms. The number of hydrogen-bond acceptors (Lipinski definition) is 3. The quantitative estimate of drug-likeness (QED) is 0.629. The van der Waals surface area contributed by atoms with Crippen LogP contribution in [0.15, 0.2) is 30.3 Å². The Morgan fingerprint density at radius 3 is 2.64 bits per heavy atom. The van der Waals surface area contributed by atoms with Crippen molar-refractivity contribution in [2.24, 2.45) is 11.8 Å². The largest absolute Gasteiger partial charge is 0.381 e. The summed E-state index contributed by atoms with van der Waals surface area (Å²) in [6.45, 7) is 4.43. The van der Waals surface area contributed by atoms with E-state index in [1.54, 1.807) is 0 Å². The Balaban J connectivity index is 1.18. The molecule has 1 aromatic carbocycles. The lowest BCUT2D eigenvalue weighted by atomic mass is 9.78. The second kappa shape index (κ2) is 9.41. The second-order valence-electron chi connectivity index (χ2n) is 9.06. The zero-order valence-electron chi connectivity index (χ0n) is 17.1. The number of nitrogens with zero attached hydrogens (tertiary/aromatic N) is 1. The minimum absolute atomic E-state index is 0.00954. The van der Waals surface area contributed by atoms with Gasteiger partial charge in [0.25, 0.3) is 0 Å². The first kappa shape index (κ1) is 19.9. The Morgan fingerprint density at radius 1 is 1.11 bits per heavy atom. The van der Waals surface area contributed by atoms with Gasteiger partial charge in [0, 0.05) is 39.3 Å². The molecule has 3 fully saturated rings. The van der Waals surface area contributed by atoms with Crippen molar-refractivity contribution < 1.29 is 14.3 Å². The molecule has 0 bridgehead atoms. The predicted octanol–water partition coefficient (Wildman–Crippen LogP) is 4.22. The smallest absolute Gasteiger partial charge is 0.222 e. The van der Waals surface area contributed by atoms with Gasteiger partial charge in [-0.15, -0.1) is 0 Å². The predicted molar refractivity (Wildman–Crippen MR) is 110 cm³/mol. The van der Waals surface area contributed by atoms with Crippen molar-refractivity contribution in [2.45, 2.75) is 63.4 Å². The number of ether oxygens (including phenoxy) is 2. The van der Waals surface area contributed by atoms with E-state index in [1.165, 1.54) is 18.4 Å². The van der Waals surface area contributed by atoms with Crippen molar-refractivity contribution in [3.63, 3.8) is 0 Å². The van der Waals surface area contributed by atoms with Crippen LogP contribution in [0.3, 0.4) is 0 Å². The number of carbonyl (C=O) groups is 1. The molecule has 1 saturated carbocycles. The second-order valence-corrected chi connectivity index (χ2v) is 9.06. The SMILES string of the molecule is O=C(CCc1ccccc1)N1CCC2(CC1)C[C@@H](CCOCC1CC1)CCO2. The van der Waals surface area contributed by atoms with Gasteiger partial charge in [-0.2, -0.15) is 0 Å². The highest BCUT2D eigenvalue weighted by atomic mass is 16.5. The van der Waals surface area contributed by atoms with Gasteiger partial charge in [0.1, 0.15) is 0 Å². The standard InChI is InChI=1S/C24H35NO3/c26-23(9-8-20-4-2-1-3-5-20)25-14-12-24(13-15-25)18-21(11-17-28-24)10-16-27-19-22-6-7-22/h1-5,21-22H,6-19H2/t21-/m0/s1. The monoisotopic (exact) mass is 385 g/mol. The topological polar surface area (TPSA) is 38.8 Å². The maximum Gasteiger partial charge on any atom is 0.222 e. The van der Waals surface area contributed by atoms with E-state index in [0.717, 1.165) is 77.4 Å². The molecule has 4 heteroatoms. The van der Waals surface area contributed by atoms with Gasteiger partial charge in [-0.05, 0) is 68.8 Å². The molecule has 154 valence electrons. The van der Waals surface area contributed by atoms with Crippen molar-refractivity contribution in [3.8, 4) is 0 Å². The summed E-state index contributed by atoms with van der Waals surface area (Å²) in [5.41, 5.74) is 1.25. The van der Waals surface area contributed by atoms with Gasteiger partial charge in [0.2, 0.25) is 5.91 Å². The highest BCUT2D eigenvalue weighted by Gasteiger charge is 2.40. The molecular formula is C24H35NO3. The third kappa shape index (κ3) is 5.57. The molecule has 1 atom stereocenters. The first-order chi connectivity index (χ1) is 13.7. The number of hydrogen-bond donors (Lipinski definition) is 0. The Bertz CT molecular complexity index is 620. The van der Waals surface area contributed by atoms with Gasteiger partial charge in [-0.25, -0.2) is 0 Å². The lowest BCUT2D eigenvalue weighted by Crippen LogP contribution is -2.50. The van der Waals surface area contributed by atoms with Crippen LogP contribution in [0, 0.1) is 11.8 Å². The molecule has 1 aromatic rings. The Hall–Kier alpha value is -1.39. The van der Waals surface area contributed by atoms with E-state index in [0.29, 0.717) is 18.2 Å². The molecule has 2 heterocycles. The average molecular weight is 386 g/mol. The summed E-state index contributed by atoms with van der Waals surface area (Å²) >= 11 is 0. The molecule has 4 rings (SSSR count). The van der Waals surface area contributed by atoms with Gasteiger partial charge in [0.15, 0.2) is 0 Å². The maximum atomic E-state index is 12.6. The molecule has 2 aliphatic heterocycles. The Kier molecular flexibility index (Phi) is 6.69. The zero-order chi connectivity index (χ0) is 19.2. The lowest BCUT2D eigenvalue weighted by molar-refractivity contribution is -0.148. The molecular weight excluding hydrogens is 350 g/mol. The van der Waals surface area contributed by atoms with Crippen LogP contribution in [-0.4, -0.2) is 49.3 Å².